The number of aromatic nitrogens is 2. The van der Waals surface area contributed by atoms with Gasteiger partial charge < -0.3 is 30.0 Å². The van der Waals surface area contributed by atoms with Gasteiger partial charge in [-0.1, -0.05) is 29.3 Å². The fraction of sp³-hybridized carbons (Fsp3) is 0.500. The first kappa shape index (κ1) is 34.4. The maximum absolute atomic E-state index is 13.3. The van der Waals surface area contributed by atoms with Crippen molar-refractivity contribution in [2.45, 2.75) is 77.5 Å². The predicted octanol–water partition coefficient (Wildman–Crippen LogP) is 7.85. The van der Waals surface area contributed by atoms with Crippen LogP contribution in [0, 0.1) is 5.92 Å². The Kier molecular flexibility index (Phi) is 11.0. The number of hydrogen-bond donors (Lipinski definition) is 3. The Balaban J connectivity index is 1.59. The van der Waals surface area contributed by atoms with Crippen LogP contribution in [0.15, 0.2) is 24.3 Å². The zero-order chi connectivity index (χ0) is 33.1. The molecule has 0 bridgehead atoms. The van der Waals surface area contributed by atoms with Gasteiger partial charge in [-0.2, -0.15) is 0 Å². The van der Waals surface area contributed by atoms with Crippen molar-refractivity contribution in [2.24, 2.45) is 13.0 Å². The van der Waals surface area contributed by atoms with E-state index in [9.17, 15) is 27.2 Å². The summed E-state index contributed by atoms with van der Waals surface area (Å²) in [6, 6.07) is 5.76. The molecule has 0 atom stereocenters. The van der Waals surface area contributed by atoms with Gasteiger partial charge in [-0.05, 0) is 64.2 Å². The molecule has 2 amide bonds. The molecule has 1 aromatic heterocycles. The van der Waals surface area contributed by atoms with E-state index in [0.29, 0.717) is 35.1 Å². The van der Waals surface area contributed by atoms with Crippen molar-refractivity contribution in [3.05, 3.63) is 45.4 Å². The van der Waals surface area contributed by atoms with Crippen LogP contribution in [0.25, 0.3) is 11.0 Å². The largest absolute Gasteiger partial charge is 0.487 e. The minimum Gasteiger partial charge on any atom is -0.487 e. The van der Waals surface area contributed by atoms with Crippen LogP contribution >= 0.6 is 23.2 Å². The smallest absolute Gasteiger partial charge is 0.407 e. The maximum Gasteiger partial charge on any atom is 0.407 e. The van der Waals surface area contributed by atoms with Crippen LogP contribution in [0.3, 0.4) is 0 Å². The summed E-state index contributed by atoms with van der Waals surface area (Å²) in [4.78, 5) is 30.0. The molecule has 1 aliphatic rings. The molecule has 1 aliphatic carbocycles. The van der Waals surface area contributed by atoms with Crippen molar-refractivity contribution >= 4 is 57.9 Å². The topological polar surface area (TPSA) is 107 Å². The highest BCUT2D eigenvalue weighted by Crippen LogP contribution is 2.37. The van der Waals surface area contributed by atoms with Crippen LogP contribution in [-0.2, 0) is 18.3 Å². The van der Waals surface area contributed by atoms with E-state index in [2.05, 4.69) is 20.9 Å². The molecule has 1 fully saturated rings. The Morgan fingerprint density at radius 2 is 1.78 bits per heavy atom. The standard InChI is InChI=1S/C30H35Cl2F4N5O4/c1-30(2,3)45-29(43)37-13-16-7-10-19(31)25(24(16)32)40-28-39-20-11-18(22(44-14-23(33)34)12-21(20)41(28)4)27(42)38-17-8-5-15(6-9-17)26(35)36/h7,10-12,15,17,23,26H,5-6,8-9,13-14H2,1-4H3,(H,37,43)(H,38,42)(H,39,40)/t15-,17-. The number of carbonyl (C=O) groups excluding carboxylic acids is 2. The molecular formula is C30H35Cl2F4N5O4. The number of nitrogens with zero attached hydrogens (tertiary/aromatic N) is 2. The normalized spacial score (nSPS) is 17.1. The summed E-state index contributed by atoms with van der Waals surface area (Å²) in [5.41, 5.74) is 0.928. The first-order valence-electron chi connectivity index (χ1n) is 14.3. The summed E-state index contributed by atoms with van der Waals surface area (Å²) in [5, 5.41) is 9.03. The van der Waals surface area contributed by atoms with E-state index in [1.807, 2.05) is 0 Å². The molecule has 0 unspecified atom stereocenters. The van der Waals surface area contributed by atoms with Crippen LogP contribution in [0.1, 0.15) is 62.4 Å². The van der Waals surface area contributed by atoms with Gasteiger partial charge >= 0.3 is 6.09 Å². The Morgan fingerprint density at radius 3 is 2.40 bits per heavy atom. The number of rotatable bonds is 10. The number of benzene rings is 2. The van der Waals surface area contributed by atoms with Crippen molar-refractivity contribution in [3.63, 3.8) is 0 Å². The SMILES string of the molecule is Cn1c(Nc2c(Cl)ccc(CNC(=O)OC(C)(C)C)c2Cl)nc2cc(C(=O)N[C@H]3CC[C@H](C(F)F)CC3)c(OCC(F)F)cc21. The summed E-state index contributed by atoms with van der Waals surface area (Å²) in [7, 11) is 1.66. The fourth-order valence-corrected chi connectivity index (χ4v) is 5.53. The van der Waals surface area contributed by atoms with Crippen molar-refractivity contribution in [1.82, 2.24) is 20.2 Å². The van der Waals surface area contributed by atoms with Crippen LogP contribution in [0.2, 0.25) is 10.0 Å². The van der Waals surface area contributed by atoms with Gasteiger partial charge in [0.05, 0.1) is 32.3 Å². The molecule has 4 rings (SSSR count). The number of alkyl halides is 4. The van der Waals surface area contributed by atoms with Gasteiger partial charge in [0.15, 0.2) is 0 Å². The zero-order valence-electron chi connectivity index (χ0n) is 25.2. The molecule has 1 saturated carbocycles. The van der Waals surface area contributed by atoms with E-state index in [1.54, 1.807) is 44.5 Å². The molecule has 45 heavy (non-hydrogen) atoms. The number of aryl methyl sites for hydroxylation is 1. The van der Waals surface area contributed by atoms with Crippen LogP contribution < -0.4 is 20.7 Å². The number of ether oxygens (including phenoxy) is 2. The number of nitrogens with one attached hydrogen (secondary N) is 3. The van der Waals surface area contributed by atoms with Gasteiger partial charge in [0.1, 0.15) is 18.0 Å². The zero-order valence-corrected chi connectivity index (χ0v) is 26.7. The van der Waals surface area contributed by atoms with Gasteiger partial charge in [-0.3, -0.25) is 4.79 Å². The van der Waals surface area contributed by atoms with Crippen LogP contribution in [-0.4, -0.2) is 52.7 Å². The molecule has 15 heteroatoms. The maximum atomic E-state index is 13.3. The third kappa shape index (κ3) is 8.84. The third-order valence-corrected chi connectivity index (χ3v) is 8.03. The van der Waals surface area contributed by atoms with Gasteiger partial charge in [0.25, 0.3) is 12.3 Å². The molecule has 3 N–H and O–H groups in total. The van der Waals surface area contributed by atoms with Crippen LogP contribution in [0.5, 0.6) is 5.75 Å². The highest BCUT2D eigenvalue weighted by molar-refractivity contribution is 6.39. The molecule has 3 aromatic rings. The molecule has 9 nitrogen and oxygen atoms in total. The van der Waals surface area contributed by atoms with E-state index >= 15 is 0 Å². The van der Waals surface area contributed by atoms with E-state index < -0.39 is 43.0 Å². The van der Waals surface area contributed by atoms with Crippen molar-refractivity contribution in [1.29, 1.82) is 0 Å². The third-order valence-electron chi connectivity index (χ3n) is 7.28. The molecule has 2 aromatic carbocycles. The molecule has 0 saturated heterocycles. The molecule has 1 heterocycles. The Hall–Kier alpha value is -3.45. The van der Waals surface area contributed by atoms with Crippen molar-refractivity contribution < 1.29 is 36.6 Å². The minimum atomic E-state index is -2.79. The van der Waals surface area contributed by atoms with Crippen LogP contribution in [0.4, 0.5) is 34.0 Å². The average Bonchev–Trinajstić information content (AvgIpc) is 3.26. The van der Waals surface area contributed by atoms with E-state index in [1.165, 1.54) is 12.1 Å². The first-order valence-corrected chi connectivity index (χ1v) is 15.1. The van der Waals surface area contributed by atoms with Gasteiger partial charge in [-0.15, -0.1) is 0 Å². The van der Waals surface area contributed by atoms with Gasteiger partial charge in [0, 0.05) is 31.6 Å². The van der Waals surface area contributed by atoms with E-state index in [0.717, 1.165) is 0 Å². The monoisotopic (exact) mass is 675 g/mol. The number of imidazole rings is 1. The van der Waals surface area contributed by atoms with Gasteiger partial charge in [-0.25, -0.2) is 27.3 Å². The van der Waals surface area contributed by atoms with E-state index in [4.69, 9.17) is 32.7 Å². The summed E-state index contributed by atoms with van der Waals surface area (Å²) < 4.78 is 64.5. The number of carbonyl (C=O) groups is 2. The Labute approximate surface area is 267 Å². The predicted molar refractivity (Wildman–Crippen MR) is 164 cm³/mol. The molecular weight excluding hydrogens is 641 g/mol. The van der Waals surface area contributed by atoms with Crippen molar-refractivity contribution in [3.8, 4) is 5.75 Å². The summed E-state index contributed by atoms with van der Waals surface area (Å²) in [6.07, 6.45) is -4.52. The number of fused-ring (bicyclic) bond motifs is 1. The molecule has 246 valence electrons. The second kappa shape index (κ2) is 14.3. The van der Waals surface area contributed by atoms with Crippen molar-refractivity contribution in [2.75, 3.05) is 11.9 Å². The lowest BCUT2D eigenvalue weighted by molar-refractivity contribution is 0.0496. The minimum absolute atomic E-state index is 0.0185. The number of alkyl carbamates (subject to hydrolysis) is 1. The Bertz CT molecular complexity index is 1540. The second-order valence-electron chi connectivity index (χ2n) is 11.8. The lowest BCUT2D eigenvalue weighted by Crippen LogP contribution is -2.38. The average molecular weight is 677 g/mol. The highest BCUT2D eigenvalue weighted by Gasteiger charge is 2.29. The summed E-state index contributed by atoms with van der Waals surface area (Å²) >= 11 is 13.1. The number of halogens is 6. The quantitative estimate of drug-likeness (QED) is 0.189. The number of anilines is 2. The summed E-state index contributed by atoms with van der Waals surface area (Å²) in [6.45, 7) is 4.34. The molecule has 0 aliphatic heterocycles. The number of amides is 2. The number of hydrogen-bond acceptors (Lipinski definition) is 6. The fourth-order valence-electron chi connectivity index (χ4n) is 5.00. The lowest BCUT2D eigenvalue weighted by atomic mass is 9.86. The highest BCUT2D eigenvalue weighted by atomic mass is 35.5. The lowest BCUT2D eigenvalue weighted by Gasteiger charge is -2.28. The van der Waals surface area contributed by atoms with E-state index in [-0.39, 0.29) is 52.7 Å². The second-order valence-corrected chi connectivity index (χ2v) is 12.6. The van der Waals surface area contributed by atoms with Gasteiger partial charge in [0.2, 0.25) is 12.4 Å². The molecule has 0 radical (unpaired) electrons. The Morgan fingerprint density at radius 1 is 1.09 bits per heavy atom. The molecule has 0 spiro atoms. The summed E-state index contributed by atoms with van der Waals surface area (Å²) in [5.74, 6) is -1.11. The first-order chi connectivity index (χ1) is 21.1.